The fourth-order valence-electron chi connectivity index (χ4n) is 4.87. The molecule has 3 aromatic rings. The van der Waals surface area contributed by atoms with Crippen molar-refractivity contribution in [2.24, 2.45) is 0 Å². The third-order valence-electron chi connectivity index (χ3n) is 7.24. The van der Waals surface area contributed by atoms with Gasteiger partial charge in [0.15, 0.2) is 5.75 Å². The van der Waals surface area contributed by atoms with Gasteiger partial charge in [0.05, 0.1) is 17.7 Å². The molecule has 2 aliphatic rings. The largest absolute Gasteiger partial charge is 0.503 e. The van der Waals surface area contributed by atoms with Crippen molar-refractivity contribution < 1.29 is 29.0 Å². The van der Waals surface area contributed by atoms with E-state index in [1.54, 1.807) is 20.4 Å². The zero-order valence-corrected chi connectivity index (χ0v) is 21.5. The second kappa shape index (κ2) is 10.8. The van der Waals surface area contributed by atoms with Crippen molar-refractivity contribution in [3.63, 3.8) is 0 Å². The van der Waals surface area contributed by atoms with Gasteiger partial charge in [-0.1, -0.05) is 0 Å². The van der Waals surface area contributed by atoms with Crippen LogP contribution in [0.1, 0.15) is 47.8 Å². The number of carbonyl (C=O) groups is 3. The zero-order valence-electron chi connectivity index (χ0n) is 21.5. The van der Waals surface area contributed by atoms with Gasteiger partial charge in [-0.25, -0.2) is 9.18 Å². The number of fused-ring (bicyclic) bond motifs is 1. The third-order valence-corrected chi connectivity index (χ3v) is 7.24. The highest BCUT2D eigenvalue weighted by atomic mass is 19.1. The molecule has 0 atom stereocenters. The Balaban J connectivity index is 1.19. The molecule has 210 valence electrons. The summed E-state index contributed by atoms with van der Waals surface area (Å²) in [4.78, 5) is 66.7. The first-order valence-corrected chi connectivity index (χ1v) is 12.9. The standard InChI is InChI=1S/C27H28FN5O7/c28-19-10-17-20(33(16-1-2-16)14-18(26(17)38)27(39)40)11-21(19)31-5-7-32(8-6-31)25(37)4-3-24(36)30-12-15-9-22(34)23(35)13-29-15/h9-11,13-14,16,35H,1-8,12H2,(H,29,34)(H,30,36)(H,39,40). The average molecular weight is 554 g/mol. The lowest BCUT2D eigenvalue weighted by atomic mass is 10.1. The number of aromatic amines is 1. The summed E-state index contributed by atoms with van der Waals surface area (Å²) in [5.74, 6) is -2.99. The van der Waals surface area contributed by atoms with Crippen LogP contribution in [0.15, 0.2) is 40.2 Å². The summed E-state index contributed by atoms with van der Waals surface area (Å²) in [5.41, 5.74) is -0.498. The third kappa shape index (κ3) is 5.53. The summed E-state index contributed by atoms with van der Waals surface area (Å²) in [6.45, 7) is 1.37. The van der Waals surface area contributed by atoms with Crippen molar-refractivity contribution >= 4 is 34.4 Å². The highest BCUT2D eigenvalue weighted by Gasteiger charge is 2.29. The molecule has 0 radical (unpaired) electrons. The van der Waals surface area contributed by atoms with Crippen molar-refractivity contribution in [3.05, 3.63) is 68.1 Å². The topological polar surface area (TPSA) is 165 Å². The van der Waals surface area contributed by atoms with E-state index in [9.17, 15) is 34.2 Å². The number of rotatable bonds is 8. The average Bonchev–Trinajstić information content (AvgIpc) is 3.78. The van der Waals surface area contributed by atoms with Gasteiger partial charge in [0.1, 0.15) is 11.4 Å². The summed E-state index contributed by atoms with van der Waals surface area (Å²) in [6.07, 6.45) is 4.11. The molecule has 0 bridgehead atoms. The van der Waals surface area contributed by atoms with Gasteiger partial charge in [-0.05, 0) is 25.0 Å². The van der Waals surface area contributed by atoms with Crippen LogP contribution in [0.2, 0.25) is 0 Å². The van der Waals surface area contributed by atoms with Crippen LogP contribution in [0.5, 0.6) is 5.75 Å². The molecule has 1 aliphatic carbocycles. The van der Waals surface area contributed by atoms with Crippen molar-refractivity contribution in [1.29, 1.82) is 0 Å². The summed E-state index contributed by atoms with van der Waals surface area (Å²) >= 11 is 0. The predicted molar refractivity (Wildman–Crippen MR) is 142 cm³/mol. The predicted octanol–water partition coefficient (Wildman–Crippen LogP) is 1.31. The van der Waals surface area contributed by atoms with E-state index in [2.05, 4.69) is 10.3 Å². The Kier molecular flexibility index (Phi) is 7.28. The number of H-pyrrole nitrogens is 1. The van der Waals surface area contributed by atoms with Crippen LogP contribution in [0.4, 0.5) is 10.1 Å². The number of hydrogen-bond acceptors (Lipinski definition) is 7. The highest BCUT2D eigenvalue weighted by Crippen LogP contribution is 2.38. The summed E-state index contributed by atoms with van der Waals surface area (Å²) < 4.78 is 16.9. The summed E-state index contributed by atoms with van der Waals surface area (Å²) in [5, 5.41) is 21.3. The van der Waals surface area contributed by atoms with Gasteiger partial charge < -0.3 is 34.9 Å². The minimum absolute atomic E-state index is 0.0121. The molecule has 5 rings (SSSR count). The van der Waals surface area contributed by atoms with Gasteiger partial charge in [0, 0.05) is 74.6 Å². The quantitative estimate of drug-likeness (QED) is 0.324. The van der Waals surface area contributed by atoms with Crippen LogP contribution < -0.4 is 21.1 Å². The molecule has 13 heteroatoms. The molecule has 40 heavy (non-hydrogen) atoms. The number of nitrogens with one attached hydrogen (secondary N) is 2. The number of amides is 2. The van der Waals surface area contributed by atoms with Gasteiger partial charge in [0.2, 0.25) is 22.7 Å². The number of anilines is 1. The molecule has 4 N–H and O–H groups in total. The second-order valence-corrected chi connectivity index (χ2v) is 9.99. The number of aromatic carboxylic acids is 1. The van der Waals surface area contributed by atoms with Gasteiger partial charge >= 0.3 is 5.97 Å². The van der Waals surface area contributed by atoms with Gasteiger partial charge in [0.25, 0.3) is 0 Å². The maximum Gasteiger partial charge on any atom is 0.341 e. The maximum absolute atomic E-state index is 15.2. The Bertz CT molecular complexity index is 1620. The molecule has 12 nitrogen and oxygen atoms in total. The Labute approximate surface area is 226 Å². The molecular formula is C27H28FN5O7. The molecule has 0 spiro atoms. The summed E-state index contributed by atoms with van der Waals surface area (Å²) in [6, 6.07) is 3.92. The molecule has 2 fully saturated rings. The number of aromatic nitrogens is 2. The van der Waals surface area contributed by atoms with Crippen molar-refractivity contribution in [3.8, 4) is 5.75 Å². The fraction of sp³-hybridized carbons (Fsp3) is 0.370. The first-order chi connectivity index (χ1) is 19.1. The second-order valence-electron chi connectivity index (χ2n) is 9.99. The molecule has 1 saturated heterocycles. The number of hydrogen-bond donors (Lipinski definition) is 4. The monoisotopic (exact) mass is 553 g/mol. The molecule has 1 saturated carbocycles. The van der Waals surface area contributed by atoms with Crippen molar-refractivity contribution in [2.75, 3.05) is 31.1 Å². The Morgan fingerprint density at radius 2 is 1.77 bits per heavy atom. The highest BCUT2D eigenvalue weighted by molar-refractivity contribution is 5.93. The minimum atomic E-state index is -1.35. The van der Waals surface area contributed by atoms with Crippen LogP contribution in [0, 0.1) is 5.82 Å². The molecule has 2 amide bonds. The fourth-order valence-corrected chi connectivity index (χ4v) is 4.87. The van der Waals surface area contributed by atoms with E-state index in [0.29, 0.717) is 37.4 Å². The molecular weight excluding hydrogens is 525 g/mol. The lowest BCUT2D eigenvalue weighted by Crippen LogP contribution is -2.49. The number of piperazine rings is 1. The van der Waals surface area contributed by atoms with Crippen LogP contribution >= 0.6 is 0 Å². The lowest BCUT2D eigenvalue weighted by molar-refractivity contribution is -0.133. The number of carboxylic acid groups (broad SMARTS) is 1. The number of halogens is 1. The van der Waals surface area contributed by atoms with Crippen LogP contribution in [0.25, 0.3) is 10.9 Å². The SMILES string of the molecule is O=C(CCC(=O)N1CCN(c2cc3c(cc2F)c(=O)c(C(=O)O)cn3C2CC2)CC1)NCc1cc(=O)c(O)c[nH]1. The van der Waals surface area contributed by atoms with Crippen LogP contribution in [0.3, 0.4) is 0 Å². The van der Waals surface area contributed by atoms with E-state index in [-0.39, 0.29) is 53.9 Å². The van der Waals surface area contributed by atoms with E-state index >= 15 is 4.39 Å². The van der Waals surface area contributed by atoms with E-state index in [1.165, 1.54) is 12.3 Å². The molecule has 3 heterocycles. The van der Waals surface area contributed by atoms with Crippen LogP contribution in [-0.4, -0.2) is 68.6 Å². The number of carbonyl (C=O) groups excluding carboxylic acids is 2. The van der Waals surface area contributed by atoms with E-state index in [4.69, 9.17) is 0 Å². The Hall–Kier alpha value is -4.68. The molecule has 1 aliphatic heterocycles. The van der Waals surface area contributed by atoms with Crippen molar-refractivity contribution in [1.82, 2.24) is 19.8 Å². The lowest BCUT2D eigenvalue weighted by Gasteiger charge is -2.36. The normalized spacial score (nSPS) is 15.3. The van der Waals surface area contributed by atoms with Gasteiger partial charge in [-0.3, -0.25) is 19.2 Å². The zero-order chi connectivity index (χ0) is 28.6. The van der Waals surface area contributed by atoms with E-state index in [1.807, 2.05) is 0 Å². The van der Waals surface area contributed by atoms with Crippen LogP contribution in [-0.2, 0) is 16.1 Å². The minimum Gasteiger partial charge on any atom is -0.503 e. The first kappa shape index (κ1) is 26.9. The Morgan fingerprint density at radius 3 is 2.42 bits per heavy atom. The number of carboxylic acids is 1. The number of benzene rings is 1. The summed E-state index contributed by atoms with van der Waals surface area (Å²) in [7, 11) is 0. The van der Waals surface area contributed by atoms with Gasteiger partial charge in [-0.2, -0.15) is 0 Å². The number of pyridine rings is 2. The molecule has 0 unspecified atom stereocenters. The van der Waals surface area contributed by atoms with E-state index in [0.717, 1.165) is 25.1 Å². The molecule has 2 aromatic heterocycles. The number of nitrogens with zero attached hydrogens (tertiary/aromatic N) is 3. The maximum atomic E-state index is 15.2. The van der Waals surface area contributed by atoms with E-state index < -0.39 is 28.4 Å². The first-order valence-electron chi connectivity index (χ1n) is 12.9. The molecule has 1 aromatic carbocycles. The van der Waals surface area contributed by atoms with Crippen molar-refractivity contribution in [2.45, 2.75) is 38.3 Å². The Morgan fingerprint density at radius 1 is 1.05 bits per heavy atom. The number of aromatic hydroxyl groups is 1. The smallest absolute Gasteiger partial charge is 0.341 e. The van der Waals surface area contributed by atoms with Gasteiger partial charge in [-0.15, -0.1) is 0 Å².